The number of rotatable bonds is 6. The molecule has 1 aromatic heterocycles. The van der Waals surface area contributed by atoms with Crippen molar-refractivity contribution in [1.82, 2.24) is 9.97 Å². The Morgan fingerprint density at radius 3 is 2.32 bits per heavy atom. The summed E-state index contributed by atoms with van der Waals surface area (Å²) in [7, 11) is -3.78. The van der Waals surface area contributed by atoms with Crippen molar-refractivity contribution in [3.63, 3.8) is 0 Å². The molecule has 3 heterocycles. The van der Waals surface area contributed by atoms with Gasteiger partial charge in [-0.3, -0.25) is 4.72 Å². The molecule has 0 aliphatic carbocycles. The van der Waals surface area contributed by atoms with E-state index in [1.54, 1.807) is 30.3 Å². The Kier molecular flexibility index (Phi) is 6.14. The summed E-state index contributed by atoms with van der Waals surface area (Å²) >= 11 is 0. The highest BCUT2D eigenvalue weighted by Crippen LogP contribution is 2.32. The van der Waals surface area contributed by atoms with E-state index in [0.29, 0.717) is 42.0 Å². The van der Waals surface area contributed by atoms with Crippen LogP contribution in [0.1, 0.15) is 25.1 Å². The van der Waals surface area contributed by atoms with E-state index < -0.39 is 10.0 Å². The van der Waals surface area contributed by atoms with Crippen molar-refractivity contribution in [2.75, 3.05) is 41.2 Å². The topological polar surface area (TPSA) is 106 Å². The number of sulfonamides is 1. The van der Waals surface area contributed by atoms with Crippen LogP contribution in [-0.2, 0) is 10.0 Å². The lowest BCUT2D eigenvalue weighted by atomic mass is 10.3. The first-order chi connectivity index (χ1) is 16.5. The number of anilines is 4. The van der Waals surface area contributed by atoms with Gasteiger partial charge in [-0.1, -0.05) is 0 Å². The number of nitrogens with one attached hydrogen (secondary N) is 2. The second kappa shape index (κ2) is 9.38. The van der Waals surface area contributed by atoms with E-state index >= 15 is 0 Å². The van der Waals surface area contributed by atoms with Crippen LogP contribution < -0.4 is 24.4 Å². The van der Waals surface area contributed by atoms with Crippen molar-refractivity contribution in [3.8, 4) is 11.5 Å². The molecule has 0 atom stereocenters. The van der Waals surface area contributed by atoms with Crippen LogP contribution in [0.15, 0.2) is 53.4 Å². The summed E-state index contributed by atoms with van der Waals surface area (Å²) in [5.74, 6) is 3.32. The summed E-state index contributed by atoms with van der Waals surface area (Å²) in [6.07, 6.45) is 3.11. The summed E-state index contributed by atoms with van der Waals surface area (Å²) in [4.78, 5) is 11.4. The lowest BCUT2D eigenvalue weighted by Gasteiger charge is -2.18. The van der Waals surface area contributed by atoms with Crippen LogP contribution in [-0.4, -0.2) is 44.7 Å². The molecule has 34 heavy (non-hydrogen) atoms. The first-order valence-corrected chi connectivity index (χ1v) is 12.8. The number of nitrogens with zero attached hydrogens (tertiary/aromatic N) is 3. The molecule has 1 fully saturated rings. The molecule has 3 aromatic rings. The molecule has 2 aliphatic rings. The second-order valence-corrected chi connectivity index (χ2v) is 10.0. The molecule has 10 heteroatoms. The minimum atomic E-state index is -3.78. The number of aromatic nitrogens is 2. The van der Waals surface area contributed by atoms with E-state index in [-0.39, 0.29) is 4.90 Å². The fourth-order valence-corrected chi connectivity index (χ4v) is 5.09. The zero-order chi connectivity index (χ0) is 23.5. The molecule has 1 saturated heterocycles. The van der Waals surface area contributed by atoms with Gasteiger partial charge in [-0.2, -0.15) is 0 Å². The normalized spacial score (nSPS) is 15.6. The lowest BCUT2D eigenvalue weighted by Crippen LogP contribution is -2.19. The van der Waals surface area contributed by atoms with E-state index in [1.807, 2.05) is 13.0 Å². The zero-order valence-corrected chi connectivity index (χ0v) is 19.8. The standard InChI is InChI=1S/C24H27N5O4S/c1-17-25-23(16-24(26-17)29-11-2-3-12-29)27-18-5-7-19(8-6-18)28-34(30,31)20-9-10-21-22(15-20)33-14-4-13-32-21/h5-10,15-16,28H,2-4,11-14H2,1H3,(H,25,26,27). The van der Waals surface area contributed by atoms with E-state index in [0.717, 1.165) is 31.0 Å². The molecule has 0 amide bonds. The molecule has 178 valence electrons. The highest BCUT2D eigenvalue weighted by molar-refractivity contribution is 7.92. The van der Waals surface area contributed by atoms with Crippen LogP contribution in [0.25, 0.3) is 0 Å². The maximum Gasteiger partial charge on any atom is 0.262 e. The monoisotopic (exact) mass is 481 g/mol. The van der Waals surface area contributed by atoms with Crippen LogP contribution in [0.5, 0.6) is 11.5 Å². The van der Waals surface area contributed by atoms with Gasteiger partial charge >= 0.3 is 0 Å². The summed E-state index contributed by atoms with van der Waals surface area (Å²) in [5.41, 5.74) is 1.25. The summed E-state index contributed by atoms with van der Waals surface area (Å²) in [6.45, 7) is 4.93. The van der Waals surface area contributed by atoms with E-state index in [1.165, 1.54) is 25.0 Å². The molecule has 2 aromatic carbocycles. The molecular weight excluding hydrogens is 454 g/mol. The van der Waals surface area contributed by atoms with Crippen LogP contribution in [0.4, 0.5) is 23.0 Å². The molecule has 0 spiro atoms. The van der Waals surface area contributed by atoms with Gasteiger partial charge in [0, 0.05) is 43.0 Å². The van der Waals surface area contributed by atoms with E-state index in [9.17, 15) is 8.42 Å². The van der Waals surface area contributed by atoms with E-state index in [4.69, 9.17) is 9.47 Å². The van der Waals surface area contributed by atoms with Crippen molar-refractivity contribution < 1.29 is 17.9 Å². The fraction of sp³-hybridized carbons (Fsp3) is 0.333. The molecule has 2 N–H and O–H groups in total. The van der Waals surface area contributed by atoms with Gasteiger partial charge in [0.15, 0.2) is 11.5 Å². The van der Waals surface area contributed by atoms with Gasteiger partial charge in [0.1, 0.15) is 17.5 Å². The number of benzene rings is 2. The largest absolute Gasteiger partial charge is 0.490 e. The summed E-state index contributed by atoms with van der Waals surface area (Å²) in [5, 5.41) is 3.28. The van der Waals surface area contributed by atoms with Gasteiger partial charge in [0.2, 0.25) is 0 Å². The molecular formula is C24H27N5O4S. The maximum atomic E-state index is 12.9. The second-order valence-electron chi connectivity index (χ2n) is 8.32. The number of aryl methyl sites for hydroxylation is 1. The summed E-state index contributed by atoms with van der Waals surface area (Å²) in [6, 6.07) is 13.6. The number of hydrogen-bond acceptors (Lipinski definition) is 8. The Bertz CT molecular complexity index is 1280. The first kappa shape index (κ1) is 22.3. The SMILES string of the molecule is Cc1nc(Nc2ccc(NS(=O)(=O)c3ccc4c(c3)OCCCO4)cc2)cc(N2CCCC2)n1. The Hall–Kier alpha value is -3.53. The first-order valence-electron chi connectivity index (χ1n) is 11.4. The third-order valence-electron chi connectivity index (χ3n) is 5.69. The van der Waals surface area contributed by atoms with Crippen molar-refractivity contribution in [3.05, 3.63) is 54.4 Å². The number of fused-ring (bicyclic) bond motifs is 1. The third kappa shape index (κ3) is 5.01. The number of hydrogen-bond donors (Lipinski definition) is 2. The maximum absolute atomic E-state index is 12.9. The Balaban J connectivity index is 1.29. The van der Waals surface area contributed by atoms with Crippen LogP contribution in [0.2, 0.25) is 0 Å². The predicted octanol–water partition coefficient (Wildman–Crippen LogP) is 4.09. The smallest absolute Gasteiger partial charge is 0.262 e. The Labute approximate surface area is 199 Å². The van der Waals surface area contributed by atoms with Crippen molar-refractivity contribution in [1.29, 1.82) is 0 Å². The third-order valence-corrected chi connectivity index (χ3v) is 7.07. The molecule has 0 saturated carbocycles. The Morgan fingerprint density at radius 1 is 0.853 bits per heavy atom. The van der Waals surface area contributed by atoms with Gasteiger partial charge in [-0.25, -0.2) is 18.4 Å². The average molecular weight is 482 g/mol. The minimum Gasteiger partial charge on any atom is -0.490 e. The molecule has 5 rings (SSSR count). The van der Waals surface area contributed by atoms with Crippen molar-refractivity contribution in [2.24, 2.45) is 0 Å². The molecule has 0 radical (unpaired) electrons. The zero-order valence-electron chi connectivity index (χ0n) is 19.0. The fourth-order valence-electron chi connectivity index (χ4n) is 4.02. The van der Waals surface area contributed by atoms with E-state index in [2.05, 4.69) is 24.9 Å². The molecule has 0 unspecified atom stereocenters. The highest BCUT2D eigenvalue weighted by atomic mass is 32.2. The van der Waals surface area contributed by atoms with Crippen LogP contribution >= 0.6 is 0 Å². The molecule has 9 nitrogen and oxygen atoms in total. The lowest BCUT2D eigenvalue weighted by molar-refractivity contribution is 0.297. The highest BCUT2D eigenvalue weighted by Gasteiger charge is 2.19. The number of ether oxygens (including phenoxy) is 2. The van der Waals surface area contributed by atoms with Gasteiger partial charge < -0.3 is 19.7 Å². The van der Waals surface area contributed by atoms with Crippen molar-refractivity contribution in [2.45, 2.75) is 31.1 Å². The predicted molar refractivity (Wildman–Crippen MR) is 131 cm³/mol. The van der Waals surface area contributed by atoms with Gasteiger partial charge in [0.05, 0.1) is 18.1 Å². The van der Waals surface area contributed by atoms with Gasteiger partial charge in [0.25, 0.3) is 10.0 Å². The summed E-state index contributed by atoms with van der Waals surface area (Å²) < 4.78 is 39.6. The molecule has 0 bridgehead atoms. The minimum absolute atomic E-state index is 0.116. The van der Waals surface area contributed by atoms with Crippen molar-refractivity contribution >= 4 is 33.0 Å². The average Bonchev–Trinajstić information content (AvgIpc) is 3.25. The van der Waals surface area contributed by atoms with Crippen LogP contribution in [0.3, 0.4) is 0 Å². The van der Waals surface area contributed by atoms with Gasteiger partial charge in [-0.05, 0) is 56.2 Å². The Morgan fingerprint density at radius 2 is 1.56 bits per heavy atom. The van der Waals surface area contributed by atoms with Gasteiger partial charge in [-0.15, -0.1) is 0 Å². The quantitative estimate of drug-likeness (QED) is 0.542. The molecule has 2 aliphatic heterocycles. The van der Waals surface area contributed by atoms with Crippen LogP contribution in [0, 0.1) is 6.92 Å².